The lowest BCUT2D eigenvalue weighted by Crippen LogP contribution is -2.37. The van der Waals surface area contributed by atoms with Crippen molar-refractivity contribution < 1.29 is 42.1 Å². The first-order valence-electron chi connectivity index (χ1n) is 29.2. The number of ether oxygens (including phenoxy) is 2. The maximum atomic E-state index is 12.7. The van der Waals surface area contributed by atoms with Gasteiger partial charge in [-0.15, -0.1) is 0 Å². The number of phosphoric acid groups is 1. The van der Waals surface area contributed by atoms with E-state index in [2.05, 4.69) is 50.3 Å². The SMILES string of the molecule is CCCCCCC/C=C\C/C=C\C/C=C\CCCCCCCCCCCCCCCCCCCCCCCCCCC(=O)OC(COC(=O)CCCCCCCC)COP(=O)([O-])OCC[N+](C)(C)C. The van der Waals surface area contributed by atoms with Crippen LogP contribution in [-0.4, -0.2) is 70.0 Å². The number of phosphoric ester groups is 1. The third-order valence-corrected chi connectivity index (χ3v) is 13.9. The predicted molar refractivity (Wildman–Crippen MR) is 291 cm³/mol. The minimum atomic E-state index is -4.62. The molecule has 0 aliphatic rings. The first kappa shape index (κ1) is 67.2. The number of allylic oxidation sites excluding steroid dienone is 6. The monoisotopic (exact) mass is 994 g/mol. The second kappa shape index (κ2) is 51.1. The number of hydrogen-bond acceptors (Lipinski definition) is 8. The normalized spacial score (nSPS) is 13.5. The molecule has 406 valence electrons. The van der Waals surface area contributed by atoms with Crippen molar-refractivity contribution in [1.29, 1.82) is 0 Å². The van der Waals surface area contributed by atoms with Crippen molar-refractivity contribution in [3.05, 3.63) is 36.5 Å². The molecule has 0 aromatic carbocycles. The fourth-order valence-electron chi connectivity index (χ4n) is 8.37. The van der Waals surface area contributed by atoms with Gasteiger partial charge in [-0.2, -0.15) is 0 Å². The molecule has 0 aliphatic heterocycles. The van der Waals surface area contributed by atoms with Crippen LogP contribution in [0.2, 0.25) is 0 Å². The van der Waals surface area contributed by atoms with Gasteiger partial charge in [-0.1, -0.05) is 249 Å². The lowest BCUT2D eigenvalue weighted by Gasteiger charge is -2.28. The van der Waals surface area contributed by atoms with E-state index < -0.39 is 26.5 Å². The molecule has 69 heavy (non-hydrogen) atoms. The van der Waals surface area contributed by atoms with Gasteiger partial charge in [-0.05, 0) is 51.4 Å². The molecular formula is C59H112NO8P. The van der Waals surface area contributed by atoms with Crippen molar-refractivity contribution in [3.63, 3.8) is 0 Å². The highest BCUT2D eigenvalue weighted by Crippen LogP contribution is 2.38. The van der Waals surface area contributed by atoms with E-state index in [4.69, 9.17) is 18.5 Å². The number of carbonyl (C=O) groups excluding carboxylic acids is 2. The predicted octanol–water partition coefficient (Wildman–Crippen LogP) is 17.4. The Labute approximate surface area is 427 Å². The number of rotatable bonds is 54. The zero-order valence-electron chi connectivity index (χ0n) is 46.0. The van der Waals surface area contributed by atoms with Crippen LogP contribution in [-0.2, 0) is 32.7 Å². The Hall–Kier alpha value is -1.77. The third-order valence-electron chi connectivity index (χ3n) is 12.9. The molecule has 0 aromatic heterocycles. The van der Waals surface area contributed by atoms with E-state index in [0.717, 1.165) is 51.4 Å². The molecular weight excluding hydrogens is 882 g/mol. The zero-order valence-corrected chi connectivity index (χ0v) is 46.9. The molecule has 0 radical (unpaired) electrons. The van der Waals surface area contributed by atoms with E-state index in [9.17, 15) is 19.0 Å². The molecule has 0 aliphatic carbocycles. The second-order valence-corrected chi connectivity index (χ2v) is 22.4. The molecule has 0 fully saturated rings. The van der Waals surface area contributed by atoms with Crippen molar-refractivity contribution in [2.45, 2.75) is 283 Å². The van der Waals surface area contributed by atoms with Gasteiger partial charge in [-0.3, -0.25) is 14.2 Å². The topological polar surface area (TPSA) is 111 Å². The van der Waals surface area contributed by atoms with E-state index in [1.54, 1.807) is 0 Å². The maximum Gasteiger partial charge on any atom is 0.306 e. The Balaban J connectivity index is 3.75. The third kappa shape index (κ3) is 55.4. The molecule has 0 rings (SSSR count). The van der Waals surface area contributed by atoms with Crippen LogP contribution in [0.4, 0.5) is 0 Å². The van der Waals surface area contributed by atoms with Crippen LogP contribution in [0, 0.1) is 0 Å². The average Bonchev–Trinajstić information content (AvgIpc) is 3.31. The molecule has 10 heteroatoms. The van der Waals surface area contributed by atoms with Crippen LogP contribution in [0.15, 0.2) is 36.5 Å². The summed E-state index contributed by atoms with van der Waals surface area (Å²) in [5, 5.41) is 0. The van der Waals surface area contributed by atoms with Gasteiger partial charge < -0.3 is 27.9 Å². The molecule has 0 N–H and O–H groups in total. The van der Waals surface area contributed by atoms with Crippen LogP contribution in [0.25, 0.3) is 0 Å². The van der Waals surface area contributed by atoms with E-state index in [-0.39, 0.29) is 32.0 Å². The summed E-state index contributed by atoms with van der Waals surface area (Å²) < 4.78 is 33.8. The molecule has 0 saturated heterocycles. The number of unbranched alkanes of at least 4 members (excludes halogenated alkanes) is 34. The zero-order chi connectivity index (χ0) is 50.6. The summed E-state index contributed by atoms with van der Waals surface area (Å²) in [6.07, 6.45) is 62.7. The number of quaternary nitrogens is 1. The van der Waals surface area contributed by atoms with Crippen molar-refractivity contribution in [1.82, 2.24) is 0 Å². The number of hydrogen-bond donors (Lipinski definition) is 0. The number of nitrogens with zero attached hydrogens (tertiary/aromatic N) is 1. The van der Waals surface area contributed by atoms with E-state index in [0.29, 0.717) is 17.4 Å². The quantitative estimate of drug-likeness (QED) is 0.0195. The number of carbonyl (C=O) groups is 2. The minimum Gasteiger partial charge on any atom is -0.756 e. The fourth-order valence-corrected chi connectivity index (χ4v) is 9.10. The summed E-state index contributed by atoms with van der Waals surface area (Å²) in [4.78, 5) is 37.4. The molecule has 9 nitrogen and oxygen atoms in total. The molecule has 0 heterocycles. The van der Waals surface area contributed by atoms with Gasteiger partial charge >= 0.3 is 11.9 Å². The summed E-state index contributed by atoms with van der Waals surface area (Å²) in [5.74, 6) is -0.832. The summed E-state index contributed by atoms with van der Waals surface area (Å²) in [7, 11) is 1.18. The first-order valence-corrected chi connectivity index (χ1v) is 30.7. The molecule has 0 aromatic rings. The first-order chi connectivity index (χ1) is 33.5. The molecule has 0 saturated carbocycles. The number of esters is 2. The van der Waals surface area contributed by atoms with Gasteiger partial charge in [0.1, 0.15) is 19.8 Å². The Kier molecular flexibility index (Phi) is 49.8. The molecule has 0 amide bonds. The van der Waals surface area contributed by atoms with E-state index in [1.807, 2.05) is 21.1 Å². The highest BCUT2D eigenvalue weighted by Gasteiger charge is 2.22. The van der Waals surface area contributed by atoms with Crippen LogP contribution in [0.3, 0.4) is 0 Å². The van der Waals surface area contributed by atoms with Crippen molar-refractivity contribution >= 4 is 19.8 Å². The van der Waals surface area contributed by atoms with Gasteiger partial charge in [0.25, 0.3) is 7.82 Å². The molecule has 0 spiro atoms. The molecule has 2 atom stereocenters. The lowest BCUT2D eigenvalue weighted by molar-refractivity contribution is -0.870. The summed E-state index contributed by atoms with van der Waals surface area (Å²) in [6, 6.07) is 0. The van der Waals surface area contributed by atoms with Gasteiger partial charge in [0.2, 0.25) is 0 Å². The maximum absolute atomic E-state index is 12.7. The van der Waals surface area contributed by atoms with Gasteiger partial charge in [-0.25, -0.2) is 0 Å². The highest BCUT2D eigenvalue weighted by atomic mass is 31.2. The van der Waals surface area contributed by atoms with Crippen molar-refractivity contribution in [2.75, 3.05) is 47.5 Å². The standard InChI is InChI=1S/C59H112NO8P/c1-6-8-10-12-14-15-16-17-18-19-20-21-22-23-24-25-26-27-28-29-30-31-32-33-34-35-36-37-38-39-40-41-42-43-44-45-46-48-50-52-59(62)68-57(55-65-58(61)51-49-47-13-11-9-7-2)56-67-69(63,64)66-54-53-60(3,4)5/h16-17,19-20,22-23,57H,6-15,18,21,24-56H2,1-5H3/b17-16-,20-19-,23-22-. The fraction of sp³-hybridized carbons (Fsp3) is 0.864. The Bertz CT molecular complexity index is 1260. The summed E-state index contributed by atoms with van der Waals surface area (Å²) >= 11 is 0. The van der Waals surface area contributed by atoms with Crippen molar-refractivity contribution in [3.8, 4) is 0 Å². The van der Waals surface area contributed by atoms with E-state index in [1.165, 1.54) is 193 Å². The van der Waals surface area contributed by atoms with Gasteiger partial charge in [0.05, 0.1) is 27.7 Å². The van der Waals surface area contributed by atoms with Crippen LogP contribution < -0.4 is 4.89 Å². The largest absolute Gasteiger partial charge is 0.756 e. The van der Waals surface area contributed by atoms with Gasteiger partial charge in [0.15, 0.2) is 6.10 Å². The van der Waals surface area contributed by atoms with Crippen LogP contribution in [0.1, 0.15) is 277 Å². The minimum absolute atomic E-state index is 0.0281. The Morgan fingerprint density at radius 2 is 0.783 bits per heavy atom. The smallest absolute Gasteiger partial charge is 0.306 e. The Morgan fingerprint density at radius 1 is 0.449 bits per heavy atom. The molecule has 0 bridgehead atoms. The summed E-state index contributed by atoms with van der Waals surface area (Å²) in [6.45, 7) is 4.17. The number of likely N-dealkylation sites (N-methyl/N-ethyl adjacent to an activating group) is 1. The Morgan fingerprint density at radius 3 is 1.16 bits per heavy atom. The second-order valence-electron chi connectivity index (χ2n) is 21.0. The highest BCUT2D eigenvalue weighted by molar-refractivity contribution is 7.45. The van der Waals surface area contributed by atoms with Crippen molar-refractivity contribution in [2.24, 2.45) is 0 Å². The molecule has 2 unspecified atom stereocenters. The van der Waals surface area contributed by atoms with Gasteiger partial charge in [0, 0.05) is 12.8 Å². The van der Waals surface area contributed by atoms with Crippen LogP contribution in [0.5, 0.6) is 0 Å². The average molecular weight is 995 g/mol. The lowest BCUT2D eigenvalue weighted by atomic mass is 10.0. The van der Waals surface area contributed by atoms with Crippen LogP contribution >= 0.6 is 7.82 Å². The summed E-state index contributed by atoms with van der Waals surface area (Å²) in [5.41, 5.74) is 0. The van der Waals surface area contributed by atoms with E-state index >= 15 is 0 Å².